The fourth-order valence-electron chi connectivity index (χ4n) is 2.95. The van der Waals surface area contributed by atoms with Crippen LogP contribution in [0, 0.1) is 13.8 Å². The maximum absolute atomic E-state index is 12.6. The van der Waals surface area contributed by atoms with E-state index in [0.717, 1.165) is 11.1 Å². The van der Waals surface area contributed by atoms with E-state index in [0.29, 0.717) is 32.0 Å². The summed E-state index contributed by atoms with van der Waals surface area (Å²) in [5.41, 5.74) is 2.68. The number of aryl methyl sites for hydroxylation is 2. The van der Waals surface area contributed by atoms with Crippen LogP contribution in [0.4, 0.5) is 24.5 Å². The van der Waals surface area contributed by atoms with Crippen molar-refractivity contribution in [1.82, 2.24) is 0 Å². The van der Waals surface area contributed by atoms with E-state index < -0.39 is 28.1 Å². The van der Waals surface area contributed by atoms with Crippen LogP contribution < -0.4 is 9.62 Å². The number of anilines is 2. The van der Waals surface area contributed by atoms with E-state index in [2.05, 4.69) is 4.72 Å². The first kappa shape index (κ1) is 26.9. The van der Waals surface area contributed by atoms with E-state index in [-0.39, 0.29) is 16.1 Å². The summed E-state index contributed by atoms with van der Waals surface area (Å²) in [4.78, 5) is 22.7. The van der Waals surface area contributed by atoms with Gasteiger partial charge in [0.1, 0.15) is 0 Å². The summed E-state index contributed by atoms with van der Waals surface area (Å²) in [5.74, 6) is -3.86. The molecule has 1 heterocycles. The molecule has 0 radical (unpaired) electrons. The van der Waals surface area contributed by atoms with Crippen molar-refractivity contribution < 1.29 is 46.1 Å². The molecule has 2 aromatic carbocycles. The number of alkyl halides is 3. The lowest BCUT2D eigenvalue weighted by Crippen LogP contribution is -2.37. The lowest BCUT2D eigenvalue weighted by atomic mass is 10.1. The predicted octanol–water partition coefficient (Wildman–Crippen LogP) is 3.27. The number of hydrogen-bond acceptors (Lipinski definition) is 6. The van der Waals surface area contributed by atoms with Crippen molar-refractivity contribution in [1.29, 1.82) is 0 Å². The zero-order valence-corrected chi connectivity index (χ0v) is 19.0. The zero-order valence-electron chi connectivity index (χ0n) is 18.2. The maximum Gasteiger partial charge on any atom is 0.490 e. The highest BCUT2D eigenvalue weighted by atomic mass is 32.2. The largest absolute Gasteiger partial charge is 0.490 e. The second kappa shape index (κ2) is 10.7. The highest BCUT2D eigenvalue weighted by Crippen LogP contribution is 2.27. The number of nitrogens with one attached hydrogen (secondary N) is 1. The van der Waals surface area contributed by atoms with E-state index in [1.807, 2.05) is 18.7 Å². The Hall–Kier alpha value is -3.32. The lowest BCUT2D eigenvalue weighted by molar-refractivity contribution is -0.192. The van der Waals surface area contributed by atoms with Crippen LogP contribution in [0.15, 0.2) is 41.3 Å². The Morgan fingerprint density at radius 3 is 2.09 bits per heavy atom. The minimum atomic E-state index is -5.08. The molecule has 1 saturated heterocycles. The van der Waals surface area contributed by atoms with Gasteiger partial charge in [-0.2, -0.15) is 13.2 Å². The standard InChI is InChI=1S/C19H22N2O5S.C2HF3O2/c1-13-3-5-16(11-14(13)2)27(24,25)20-15-4-6-18(17(12-15)19(22)23)21-7-9-26-10-8-21;3-2(4,5)1(6)7/h3-6,11-12,20H,7-10H2,1-2H3,(H,22,23);(H,6,7). The summed E-state index contributed by atoms with van der Waals surface area (Å²) in [5, 5.41) is 16.7. The number of rotatable bonds is 5. The summed E-state index contributed by atoms with van der Waals surface area (Å²) in [6.07, 6.45) is -5.08. The lowest BCUT2D eigenvalue weighted by Gasteiger charge is -2.30. The SMILES string of the molecule is Cc1ccc(S(=O)(=O)Nc2ccc(N3CCOCC3)c(C(=O)O)c2)cc1C.O=C(O)C(F)(F)F. The summed E-state index contributed by atoms with van der Waals surface area (Å²) in [7, 11) is -3.81. The zero-order chi connectivity index (χ0) is 25.7. The van der Waals surface area contributed by atoms with Crippen molar-refractivity contribution in [2.75, 3.05) is 35.9 Å². The van der Waals surface area contributed by atoms with E-state index >= 15 is 0 Å². The molecule has 0 saturated carbocycles. The number of halogens is 3. The molecule has 9 nitrogen and oxygen atoms in total. The number of benzene rings is 2. The molecule has 1 fully saturated rings. The number of carbonyl (C=O) groups is 2. The maximum atomic E-state index is 12.6. The van der Waals surface area contributed by atoms with Crippen LogP contribution in [-0.4, -0.2) is 63.0 Å². The van der Waals surface area contributed by atoms with E-state index in [1.54, 1.807) is 24.3 Å². The Balaban J connectivity index is 0.000000509. The molecule has 1 aliphatic rings. The molecule has 13 heteroatoms. The monoisotopic (exact) mass is 504 g/mol. The smallest absolute Gasteiger partial charge is 0.478 e. The normalized spacial score (nSPS) is 14.1. The molecule has 0 unspecified atom stereocenters. The van der Waals surface area contributed by atoms with Gasteiger partial charge in [-0.1, -0.05) is 6.07 Å². The van der Waals surface area contributed by atoms with Crippen molar-refractivity contribution >= 4 is 33.3 Å². The molecule has 3 rings (SSSR count). The molecular weight excluding hydrogens is 481 g/mol. The van der Waals surface area contributed by atoms with Crippen molar-refractivity contribution in [2.24, 2.45) is 0 Å². The minimum Gasteiger partial charge on any atom is -0.478 e. The number of aromatic carboxylic acids is 1. The summed E-state index contributed by atoms with van der Waals surface area (Å²) >= 11 is 0. The third kappa shape index (κ3) is 7.09. The van der Waals surface area contributed by atoms with Gasteiger partial charge in [0.25, 0.3) is 10.0 Å². The van der Waals surface area contributed by atoms with Crippen molar-refractivity contribution in [3.05, 3.63) is 53.1 Å². The van der Waals surface area contributed by atoms with E-state index in [1.165, 1.54) is 12.1 Å². The quantitative estimate of drug-likeness (QED) is 0.565. The Morgan fingerprint density at radius 2 is 1.59 bits per heavy atom. The highest BCUT2D eigenvalue weighted by Gasteiger charge is 2.38. The van der Waals surface area contributed by atoms with Gasteiger partial charge in [0.05, 0.1) is 29.4 Å². The number of sulfonamides is 1. The first-order valence-electron chi connectivity index (χ1n) is 9.82. The number of carboxylic acid groups (broad SMARTS) is 2. The second-order valence-electron chi connectivity index (χ2n) is 7.29. The molecule has 0 aliphatic carbocycles. The third-order valence-corrected chi connectivity index (χ3v) is 6.24. The molecule has 1 aliphatic heterocycles. The van der Waals surface area contributed by atoms with Crippen LogP contribution in [0.5, 0.6) is 0 Å². The first-order chi connectivity index (χ1) is 15.7. The Morgan fingerprint density at radius 1 is 1.00 bits per heavy atom. The Kier molecular flexibility index (Phi) is 8.51. The van der Waals surface area contributed by atoms with Gasteiger partial charge >= 0.3 is 18.1 Å². The third-order valence-electron chi connectivity index (χ3n) is 4.86. The summed E-state index contributed by atoms with van der Waals surface area (Å²) in [6, 6.07) is 9.44. The molecule has 3 N–H and O–H groups in total. The average Bonchev–Trinajstić information content (AvgIpc) is 2.75. The van der Waals surface area contributed by atoms with Gasteiger partial charge < -0.3 is 19.8 Å². The molecule has 2 aromatic rings. The number of nitrogens with zero attached hydrogens (tertiary/aromatic N) is 1. The molecule has 0 spiro atoms. The molecule has 0 aromatic heterocycles. The van der Waals surface area contributed by atoms with Crippen LogP contribution in [0.25, 0.3) is 0 Å². The highest BCUT2D eigenvalue weighted by molar-refractivity contribution is 7.92. The number of hydrogen-bond donors (Lipinski definition) is 3. The summed E-state index contributed by atoms with van der Waals surface area (Å²) in [6.45, 7) is 5.99. The molecule has 0 bridgehead atoms. The van der Waals surface area contributed by atoms with Crippen molar-refractivity contribution in [3.8, 4) is 0 Å². The molecule has 34 heavy (non-hydrogen) atoms. The van der Waals surface area contributed by atoms with Crippen molar-refractivity contribution in [3.63, 3.8) is 0 Å². The van der Waals surface area contributed by atoms with Gasteiger partial charge in [-0.05, 0) is 55.3 Å². The van der Waals surface area contributed by atoms with Gasteiger partial charge in [0, 0.05) is 18.8 Å². The fraction of sp³-hybridized carbons (Fsp3) is 0.333. The van der Waals surface area contributed by atoms with Crippen LogP contribution in [0.2, 0.25) is 0 Å². The predicted molar refractivity (Wildman–Crippen MR) is 117 cm³/mol. The first-order valence-corrected chi connectivity index (χ1v) is 11.3. The summed E-state index contributed by atoms with van der Waals surface area (Å²) < 4.78 is 64.8. The van der Waals surface area contributed by atoms with Crippen LogP contribution in [0.1, 0.15) is 21.5 Å². The van der Waals surface area contributed by atoms with Gasteiger partial charge in [0.15, 0.2) is 0 Å². The molecule has 186 valence electrons. The van der Waals surface area contributed by atoms with E-state index in [9.17, 15) is 31.5 Å². The van der Waals surface area contributed by atoms with Crippen LogP contribution in [-0.2, 0) is 19.6 Å². The Bertz CT molecular complexity index is 1160. The van der Waals surface area contributed by atoms with Crippen LogP contribution in [0.3, 0.4) is 0 Å². The van der Waals surface area contributed by atoms with Gasteiger partial charge in [-0.25, -0.2) is 18.0 Å². The van der Waals surface area contributed by atoms with Gasteiger partial charge in [0.2, 0.25) is 0 Å². The molecule has 0 atom stereocenters. The average molecular weight is 504 g/mol. The number of carboxylic acids is 2. The van der Waals surface area contributed by atoms with Crippen molar-refractivity contribution in [2.45, 2.75) is 24.9 Å². The second-order valence-corrected chi connectivity index (χ2v) is 8.97. The fourth-order valence-corrected chi connectivity index (χ4v) is 4.08. The minimum absolute atomic E-state index is 0.0530. The number of morpholine rings is 1. The number of ether oxygens (including phenoxy) is 1. The number of aliphatic carboxylic acids is 1. The topological polar surface area (TPSA) is 133 Å². The van der Waals surface area contributed by atoms with Gasteiger partial charge in [-0.3, -0.25) is 4.72 Å². The molecular formula is C21H23F3N2O7S. The van der Waals surface area contributed by atoms with E-state index in [4.69, 9.17) is 14.6 Å². The molecule has 0 amide bonds. The van der Waals surface area contributed by atoms with Crippen LogP contribution >= 0.6 is 0 Å². The Labute approximate surface area is 193 Å². The van der Waals surface area contributed by atoms with Gasteiger partial charge in [-0.15, -0.1) is 0 Å².